The SMILES string of the molecule is CCc1ccccc1NC(=O)C(C)(C)C(=O)Nc1ccc(NC(C)=O)cc1. The highest BCUT2D eigenvalue weighted by Gasteiger charge is 2.36. The van der Waals surface area contributed by atoms with Gasteiger partial charge in [-0.15, -0.1) is 0 Å². The van der Waals surface area contributed by atoms with E-state index in [1.807, 2.05) is 31.2 Å². The predicted molar refractivity (Wildman–Crippen MR) is 108 cm³/mol. The van der Waals surface area contributed by atoms with Gasteiger partial charge in [0.25, 0.3) is 0 Å². The van der Waals surface area contributed by atoms with Gasteiger partial charge in [-0.2, -0.15) is 0 Å². The molecule has 6 heteroatoms. The van der Waals surface area contributed by atoms with E-state index < -0.39 is 11.3 Å². The van der Waals surface area contributed by atoms with Crippen LogP contribution in [0.3, 0.4) is 0 Å². The Balaban J connectivity index is 2.07. The molecule has 0 saturated heterocycles. The van der Waals surface area contributed by atoms with E-state index in [-0.39, 0.29) is 11.8 Å². The number of rotatable bonds is 6. The lowest BCUT2D eigenvalue weighted by molar-refractivity contribution is -0.135. The van der Waals surface area contributed by atoms with E-state index in [9.17, 15) is 14.4 Å². The van der Waals surface area contributed by atoms with Gasteiger partial charge in [-0.25, -0.2) is 0 Å². The molecule has 0 saturated carbocycles. The van der Waals surface area contributed by atoms with Gasteiger partial charge < -0.3 is 16.0 Å². The van der Waals surface area contributed by atoms with E-state index in [2.05, 4.69) is 16.0 Å². The summed E-state index contributed by atoms with van der Waals surface area (Å²) in [5, 5.41) is 8.25. The van der Waals surface area contributed by atoms with Crippen LogP contribution in [0.25, 0.3) is 0 Å². The largest absolute Gasteiger partial charge is 0.326 e. The molecule has 0 aromatic heterocycles. The molecule has 27 heavy (non-hydrogen) atoms. The molecule has 2 aromatic carbocycles. The number of benzene rings is 2. The molecule has 0 spiro atoms. The van der Waals surface area contributed by atoms with Crippen molar-refractivity contribution in [3.8, 4) is 0 Å². The van der Waals surface area contributed by atoms with Gasteiger partial charge in [-0.3, -0.25) is 14.4 Å². The van der Waals surface area contributed by atoms with Gasteiger partial charge in [-0.05, 0) is 56.2 Å². The van der Waals surface area contributed by atoms with E-state index in [0.717, 1.165) is 12.0 Å². The molecule has 0 bridgehead atoms. The monoisotopic (exact) mass is 367 g/mol. The third-order valence-corrected chi connectivity index (χ3v) is 4.24. The third-order valence-electron chi connectivity index (χ3n) is 4.24. The van der Waals surface area contributed by atoms with Crippen LogP contribution in [-0.2, 0) is 20.8 Å². The number of hydrogen-bond acceptors (Lipinski definition) is 3. The third kappa shape index (κ3) is 5.17. The van der Waals surface area contributed by atoms with E-state index in [1.165, 1.54) is 6.92 Å². The molecule has 0 aliphatic carbocycles. The van der Waals surface area contributed by atoms with Crippen LogP contribution in [0.2, 0.25) is 0 Å². The fourth-order valence-corrected chi connectivity index (χ4v) is 2.46. The van der Waals surface area contributed by atoms with Gasteiger partial charge in [0.05, 0.1) is 0 Å². The standard InChI is InChI=1S/C21H25N3O3/c1-5-15-8-6-7-9-18(15)24-20(27)21(3,4)19(26)23-17-12-10-16(11-13-17)22-14(2)25/h6-13H,5H2,1-4H3,(H,22,25)(H,23,26)(H,24,27). The molecule has 0 heterocycles. The normalized spacial score (nSPS) is 10.8. The molecule has 3 amide bonds. The van der Waals surface area contributed by atoms with Gasteiger partial charge in [0.1, 0.15) is 5.41 Å². The summed E-state index contributed by atoms with van der Waals surface area (Å²) >= 11 is 0. The lowest BCUT2D eigenvalue weighted by atomic mass is 9.90. The molecule has 0 aliphatic heterocycles. The Hall–Kier alpha value is -3.15. The fourth-order valence-electron chi connectivity index (χ4n) is 2.46. The topological polar surface area (TPSA) is 87.3 Å². The molecule has 2 rings (SSSR count). The molecule has 3 N–H and O–H groups in total. The first kappa shape index (κ1) is 20.2. The summed E-state index contributed by atoms with van der Waals surface area (Å²) in [7, 11) is 0. The van der Waals surface area contributed by atoms with Crippen LogP contribution in [0.15, 0.2) is 48.5 Å². The minimum Gasteiger partial charge on any atom is -0.326 e. The fraction of sp³-hybridized carbons (Fsp3) is 0.286. The van der Waals surface area contributed by atoms with Crippen molar-refractivity contribution in [3.63, 3.8) is 0 Å². The number of carbonyl (C=O) groups is 3. The van der Waals surface area contributed by atoms with Crippen molar-refractivity contribution < 1.29 is 14.4 Å². The van der Waals surface area contributed by atoms with E-state index in [0.29, 0.717) is 17.1 Å². The Morgan fingerprint density at radius 3 is 1.89 bits per heavy atom. The zero-order valence-corrected chi connectivity index (χ0v) is 16.1. The summed E-state index contributed by atoms with van der Waals surface area (Å²) in [4.78, 5) is 36.4. The smallest absolute Gasteiger partial charge is 0.239 e. The number of hydrogen-bond donors (Lipinski definition) is 3. The average Bonchev–Trinajstić information content (AvgIpc) is 2.63. The van der Waals surface area contributed by atoms with Crippen LogP contribution >= 0.6 is 0 Å². The van der Waals surface area contributed by atoms with Crippen molar-refractivity contribution >= 4 is 34.8 Å². The van der Waals surface area contributed by atoms with Crippen molar-refractivity contribution in [2.75, 3.05) is 16.0 Å². The highest BCUT2D eigenvalue weighted by Crippen LogP contribution is 2.24. The second-order valence-electron chi connectivity index (χ2n) is 6.80. The summed E-state index contributed by atoms with van der Waals surface area (Å²) < 4.78 is 0. The summed E-state index contributed by atoms with van der Waals surface area (Å²) in [5.41, 5.74) is 1.63. The Morgan fingerprint density at radius 2 is 1.33 bits per heavy atom. The number of aryl methyl sites for hydroxylation is 1. The first-order valence-electron chi connectivity index (χ1n) is 8.82. The van der Waals surface area contributed by atoms with Crippen LogP contribution in [-0.4, -0.2) is 17.7 Å². The van der Waals surface area contributed by atoms with Gasteiger partial charge in [-0.1, -0.05) is 25.1 Å². The zero-order valence-electron chi connectivity index (χ0n) is 16.1. The van der Waals surface area contributed by atoms with E-state index in [4.69, 9.17) is 0 Å². The minimum atomic E-state index is -1.27. The number of amides is 3. The van der Waals surface area contributed by atoms with E-state index in [1.54, 1.807) is 38.1 Å². The molecule has 0 aliphatic rings. The molecule has 2 aromatic rings. The predicted octanol–water partition coefficient (Wildman–Crippen LogP) is 3.81. The Morgan fingerprint density at radius 1 is 0.815 bits per heavy atom. The second-order valence-corrected chi connectivity index (χ2v) is 6.80. The summed E-state index contributed by atoms with van der Waals surface area (Å²) in [5.74, 6) is -0.964. The number of nitrogens with one attached hydrogen (secondary N) is 3. The summed E-state index contributed by atoms with van der Waals surface area (Å²) in [6.45, 7) is 6.59. The highest BCUT2D eigenvalue weighted by molar-refractivity contribution is 6.14. The maximum Gasteiger partial charge on any atom is 0.239 e. The van der Waals surface area contributed by atoms with Crippen molar-refractivity contribution in [3.05, 3.63) is 54.1 Å². The summed E-state index contributed by atoms with van der Waals surface area (Å²) in [6, 6.07) is 14.2. The molecule has 0 atom stereocenters. The van der Waals surface area contributed by atoms with Gasteiger partial charge in [0.2, 0.25) is 17.7 Å². The minimum absolute atomic E-state index is 0.169. The molecule has 142 valence electrons. The number of carbonyl (C=O) groups excluding carboxylic acids is 3. The van der Waals surface area contributed by atoms with Crippen LogP contribution in [0, 0.1) is 5.41 Å². The molecule has 0 unspecified atom stereocenters. The zero-order chi connectivity index (χ0) is 20.0. The van der Waals surface area contributed by atoms with Gasteiger partial charge in [0.15, 0.2) is 0 Å². The van der Waals surface area contributed by atoms with Crippen molar-refractivity contribution in [2.45, 2.75) is 34.1 Å². The maximum atomic E-state index is 12.7. The molecular weight excluding hydrogens is 342 g/mol. The lowest BCUT2D eigenvalue weighted by Gasteiger charge is -2.23. The van der Waals surface area contributed by atoms with Gasteiger partial charge >= 0.3 is 0 Å². The molecule has 0 fully saturated rings. The summed E-state index contributed by atoms with van der Waals surface area (Å²) in [6.07, 6.45) is 0.781. The highest BCUT2D eigenvalue weighted by atomic mass is 16.2. The van der Waals surface area contributed by atoms with Crippen LogP contribution in [0.1, 0.15) is 33.3 Å². The molecular formula is C21H25N3O3. The Bertz CT molecular complexity index is 842. The van der Waals surface area contributed by atoms with Crippen molar-refractivity contribution in [1.29, 1.82) is 0 Å². The Labute approximate surface area is 159 Å². The Kier molecular flexibility index (Phi) is 6.34. The van der Waals surface area contributed by atoms with Crippen LogP contribution in [0.4, 0.5) is 17.1 Å². The number of para-hydroxylation sites is 1. The lowest BCUT2D eigenvalue weighted by Crippen LogP contribution is -2.41. The second kappa shape index (κ2) is 8.49. The van der Waals surface area contributed by atoms with E-state index >= 15 is 0 Å². The maximum absolute atomic E-state index is 12.7. The first-order valence-corrected chi connectivity index (χ1v) is 8.82. The number of anilines is 3. The van der Waals surface area contributed by atoms with Crippen LogP contribution in [0.5, 0.6) is 0 Å². The average molecular weight is 367 g/mol. The van der Waals surface area contributed by atoms with Crippen LogP contribution < -0.4 is 16.0 Å². The van der Waals surface area contributed by atoms with Crippen molar-refractivity contribution in [1.82, 2.24) is 0 Å². The van der Waals surface area contributed by atoms with Gasteiger partial charge in [0, 0.05) is 24.0 Å². The molecule has 6 nitrogen and oxygen atoms in total. The molecule has 0 radical (unpaired) electrons. The quantitative estimate of drug-likeness (QED) is 0.679. The first-order chi connectivity index (χ1) is 12.7. The van der Waals surface area contributed by atoms with Crippen molar-refractivity contribution in [2.24, 2.45) is 5.41 Å².